The zero-order valence-electron chi connectivity index (χ0n) is 16.2. The molecule has 1 saturated heterocycles. The van der Waals surface area contributed by atoms with Gasteiger partial charge in [0.1, 0.15) is 11.6 Å². The average Bonchev–Trinajstić information content (AvgIpc) is 3.35. The van der Waals surface area contributed by atoms with Crippen LogP contribution in [0.1, 0.15) is 17.7 Å². The van der Waals surface area contributed by atoms with Gasteiger partial charge in [0.05, 0.1) is 48.7 Å². The number of hydrogen-bond acceptors (Lipinski definition) is 4. The molecule has 7 heteroatoms. The predicted molar refractivity (Wildman–Crippen MR) is 114 cm³/mol. The highest BCUT2D eigenvalue weighted by atomic mass is 35.5. The molecule has 1 N–H and O–H groups in total. The molecule has 0 bridgehead atoms. The van der Waals surface area contributed by atoms with E-state index in [0.717, 1.165) is 47.0 Å². The van der Waals surface area contributed by atoms with Gasteiger partial charge in [-0.1, -0.05) is 35.9 Å². The number of fused-ring (bicyclic) bond motifs is 1. The highest BCUT2D eigenvalue weighted by molar-refractivity contribution is 6.30. The Labute approximate surface area is 174 Å². The van der Waals surface area contributed by atoms with Crippen LogP contribution in [0.3, 0.4) is 0 Å². The first-order valence-corrected chi connectivity index (χ1v) is 10.1. The molecule has 1 fully saturated rings. The van der Waals surface area contributed by atoms with Crippen LogP contribution in [-0.2, 0) is 18.3 Å². The number of imidazole rings is 2. The van der Waals surface area contributed by atoms with Crippen molar-refractivity contribution in [3.8, 4) is 11.3 Å². The Morgan fingerprint density at radius 2 is 2.10 bits per heavy atom. The highest BCUT2D eigenvalue weighted by Gasteiger charge is 2.28. The first-order valence-electron chi connectivity index (χ1n) is 9.72. The summed E-state index contributed by atoms with van der Waals surface area (Å²) >= 11 is 6.14. The Morgan fingerprint density at radius 1 is 1.21 bits per heavy atom. The molecule has 4 aromatic rings. The van der Waals surface area contributed by atoms with Crippen LogP contribution in [0.5, 0.6) is 0 Å². The number of benzene rings is 2. The minimum Gasteiger partial charge on any atom is -0.378 e. The molecule has 1 unspecified atom stereocenters. The van der Waals surface area contributed by atoms with Gasteiger partial charge in [-0.15, -0.1) is 0 Å². The summed E-state index contributed by atoms with van der Waals surface area (Å²) in [4.78, 5) is 15.3. The van der Waals surface area contributed by atoms with Gasteiger partial charge in [-0.25, -0.2) is 9.97 Å². The molecule has 1 aliphatic rings. The number of aryl methyl sites for hydroxylation is 1. The van der Waals surface area contributed by atoms with Crippen molar-refractivity contribution in [1.29, 1.82) is 0 Å². The summed E-state index contributed by atoms with van der Waals surface area (Å²) in [6, 6.07) is 16.1. The predicted octanol–water partition coefficient (Wildman–Crippen LogP) is 4.19. The molecular formula is C22H22ClN5O. The van der Waals surface area contributed by atoms with E-state index in [0.29, 0.717) is 18.2 Å². The molecule has 29 heavy (non-hydrogen) atoms. The van der Waals surface area contributed by atoms with Gasteiger partial charge < -0.3 is 14.3 Å². The lowest BCUT2D eigenvalue weighted by atomic mass is 10.2. The van der Waals surface area contributed by atoms with Crippen molar-refractivity contribution in [3.05, 3.63) is 71.4 Å². The molecule has 148 valence electrons. The molecule has 1 atom stereocenters. The largest absolute Gasteiger partial charge is 0.378 e. The third-order valence-electron chi connectivity index (χ3n) is 5.51. The number of morpholine rings is 1. The van der Waals surface area contributed by atoms with Gasteiger partial charge in [-0.3, -0.25) is 4.90 Å². The van der Waals surface area contributed by atoms with Crippen LogP contribution in [0, 0.1) is 0 Å². The number of para-hydroxylation sites is 2. The molecular weight excluding hydrogens is 386 g/mol. The number of nitrogens with zero attached hydrogens (tertiary/aromatic N) is 4. The number of hydrogen-bond donors (Lipinski definition) is 1. The Kier molecular flexibility index (Phi) is 4.83. The van der Waals surface area contributed by atoms with Crippen molar-refractivity contribution >= 4 is 22.6 Å². The summed E-state index contributed by atoms with van der Waals surface area (Å²) < 4.78 is 7.95. The molecule has 2 aromatic carbocycles. The van der Waals surface area contributed by atoms with Gasteiger partial charge >= 0.3 is 0 Å². The lowest BCUT2D eigenvalue weighted by Crippen LogP contribution is -2.40. The first-order chi connectivity index (χ1) is 14.2. The summed E-state index contributed by atoms with van der Waals surface area (Å²) in [5.74, 6) is 1.94. The highest BCUT2D eigenvalue weighted by Crippen LogP contribution is 2.28. The van der Waals surface area contributed by atoms with E-state index in [1.165, 1.54) is 0 Å². The number of ether oxygens (including phenoxy) is 1. The summed E-state index contributed by atoms with van der Waals surface area (Å²) in [5, 5.41) is 0.711. The van der Waals surface area contributed by atoms with Crippen LogP contribution < -0.4 is 0 Å². The van der Waals surface area contributed by atoms with E-state index < -0.39 is 0 Å². The number of aromatic amines is 1. The average molecular weight is 408 g/mol. The second-order valence-corrected chi connectivity index (χ2v) is 7.77. The third kappa shape index (κ3) is 3.55. The van der Waals surface area contributed by atoms with E-state index in [2.05, 4.69) is 38.6 Å². The lowest BCUT2D eigenvalue weighted by Gasteiger charge is -2.34. The quantitative estimate of drug-likeness (QED) is 0.551. The topological polar surface area (TPSA) is 59.0 Å². The maximum atomic E-state index is 6.14. The maximum Gasteiger partial charge on any atom is 0.126 e. The van der Waals surface area contributed by atoms with Gasteiger partial charge in [0.2, 0.25) is 0 Å². The van der Waals surface area contributed by atoms with E-state index in [1.807, 2.05) is 42.6 Å². The number of aromatic nitrogens is 4. The Balaban J connectivity index is 1.42. The van der Waals surface area contributed by atoms with Crippen molar-refractivity contribution < 1.29 is 4.74 Å². The van der Waals surface area contributed by atoms with E-state index in [9.17, 15) is 0 Å². The minimum absolute atomic E-state index is 0.0523. The standard InChI is InChI=1S/C22H22ClN5O/c1-27-19-8-3-2-7-17(19)25-21(27)13-28-9-10-29-14-20(28)22-24-12-18(26-22)15-5-4-6-16(23)11-15/h2-8,11-12,20H,9-10,13-14H2,1H3,(H,24,26). The number of H-pyrrole nitrogens is 1. The van der Waals surface area contributed by atoms with Crippen LogP contribution in [-0.4, -0.2) is 44.2 Å². The first kappa shape index (κ1) is 18.4. The Hall–Kier alpha value is -2.67. The van der Waals surface area contributed by atoms with Crippen molar-refractivity contribution in [2.75, 3.05) is 19.8 Å². The third-order valence-corrected chi connectivity index (χ3v) is 5.75. The van der Waals surface area contributed by atoms with E-state index in [4.69, 9.17) is 21.3 Å². The van der Waals surface area contributed by atoms with Crippen molar-refractivity contribution in [2.24, 2.45) is 7.05 Å². The smallest absolute Gasteiger partial charge is 0.126 e. The Morgan fingerprint density at radius 3 is 2.97 bits per heavy atom. The summed E-state index contributed by atoms with van der Waals surface area (Å²) in [6.07, 6.45) is 1.86. The van der Waals surface area contributed by atoms with Crippen molar-refractivity contribution in [2.45, 2.75) is 12.6 Å². The monoisotopic (exact) mass is 407 g/mol. The number of rotatable bonds is 4. The van der Waals surface area contributed by atoms with Crippen molar-refractivity contribution in [1.82, 2.24) is 24.4 Å². The maximum absolute atomic E-state index is 6.14. The van der Waals surface area contributed by atoms with Gasteiger partial charge in [-0.05, 0) is 24.3 Å². The lowest BCUT2D eigenvalue weighted by molar-refractivity contribution is -0.0170. The fourth-order valence-corrected chi connectivity index (χ4v) is 4.10. The van der Waals surface area contributed by atoms with Crippen molar-refractivity contribution in [3.63, 3.8) is 0 Å². The minimum atomic E-state index is 0.0523. The number of nitrogens with one attached hydrogen (secondary N) is 1. The second kappa shape index (κ2) is 7.63. The van der Waals surface area contributed by atoms with Gasteiger partial charge in [0.25, 0.3) is 0 Å². The summed E-state index contributed by atoms with van der Waals surface area (Å²) in [6.45, 7) is 2.89. The molecule has 5 rings (SSSR count). The molecule has 0 aliphatic carbocycles. The molecule has 3 heterocycles. The zero-order valence-corrected chi connectivity index (χ0v) is 16.9. The fraction of sp³-hybridized carbons (Fsp3) is 0.273. The Bertz CT molecular complexity index is 1150. The summed E-state index contributed by atoms with van der Waals surface area (Å²) in [5.41, 5.74) is 4.15. The van der Waals surface area contributed by atoms with Crippen LogP contribution in [0.4, 0.5) is 0 Å². The molecule has 0 spiro atoms. The van der Waals surface area contributed by atoms with E-state index in [1.54, 1.807) is 0 Å². The molecule has 0 amide bonds. The van der Waals surface area contributed by atoms with Gasteiger partial charge in [0.15, 0.2) is 0 Å². The number of halogens is 1. The fourth-order valence-electron chi connectivity index (χ4n) is 3.91. The second-order valence-electron chi connectivity index (χ2n) is 7.33. The molecule has 2 aromatic heterocycles. The van der Waals surface area contributed by atoms with Crippen LogP contribution in [0.25, 0.3) is 22.3 Å². The SMILES string of the molecule is Cn1c(CN2CCOCC2c2ncc(-c3cccc(Cl)c3)[nH]2)nc2ccccc21. The van der Waals surface area contributed by atoms with Crippen LogP contribution in [0.2, 0.25) is 5.02 Å². The zero-order chi connectivity index (χ0) is 19.8. The molecule has 0 radical (unpaired) electrons. The van der Waals surface area contributed by atoms with Crippen LogP contribution in [0.15, 0.2) is 54.7 Å². The van der Waals surface area contributed by atoms with E-state index >= 15 is 0 Å². The summed E-state index contributed by atoms with van der Waals surface area (Å²) in [7, 11) is 2.07. The molecule has 0 saturated carbocycles. The van der Waals surface area contributed by atoms with Gasteiger partial charge in [-0.2, -0.15) is 0 Å². The molecule has 1 aliphatic heterocycles. The van der Waals surface area contributed by atoms with Crippen LogP contribution >= 0.6 is 11.6 Å². The molecule has 6 nitrogen and oxygen atoms in total. The van der Waals surface area contributed by atoms with E-state index in [-0.39, 0.29) is 6.04 Å². The van der Waals surface area contributed by atoms with Gasteiger partial charge in [0, 0.05) is 24.2 Å². The normalized spacial score (nSPS) is 17.8.